The minimum Gasteiger partial charge on any atom is -0.423 e. The van der Waals surface area contributed by atoms with E-state index in [0.29, 0.717) is 17.1 Å². The third kappa shape index (κ3) is 3.49. The maximum Gasteiger partial charge on any atom is 0.339 e. The number of carbonyl (C=O) groups is 5. The van der Waals surface area contributed by atoms with Gasteiger partial charge in [0.25, 0.3) is 0 Å². The molecule has 204 valence electrons. The fraction of sp³-hybridized carbons (Fsp3) is 0.242. The van der Waals surface area contributed by atoms with E-state index in [1.807, 2.05) is 38.1 Å². The molecule has 41 heavy (non-hydrogen) atoms. The number of nitrogens with zero attached hydrogens (tertiary/aromatic N) is 2. The molecule has 0 radical (unpaired) electrons. The van der Waals surface area contributed by atoms with Crippen molar-refractivity contribution < 1.29 is 28.7 Å². The topological polar surface area (TPSA) is 101 Å². The minimum absolute atomic E-state index is 0.168. The van der Waals surface area contributed by atoms with E-state index in [0.717, 1.165) is 11.1 Å². The number of benzene rings is 3. The Balaban J connectivity index is 1.35. The van der Waals surface area contributed by atoms with Gasteiger partial charge in [0.15, 0.2) is 0 Å². The van der Waals surface area contributed by atoms with Crippen LogP contribution in [-0.4, -0.2) is 29.6 Å². The van der Waals surface area contributed by atoms with E-state index in [4.69, 9.17) is 4.74 Å². The van der Waals surface area contributed by atoms with Gasteiger partial charge in [0.1, 0.15) is 5.75 Å². The lowest BCUT2D eigenvalue weighted by atomic mass is 9.52. The number of rotatable bonds is 4. The Morgan fingerprint density at radius 2 is 1.02 bits per heavy atom. The van der Waals surface area contributed by atoms with Crippen molar-refractivity contribution >= 4 is 41.0 Å². The second-order valence-electron chi connectivity index (χ2n) is 11.1. The Morgan fingerprint density at radius 1 is 0.585 bits per heavy atom. The van der Waals surface area contributed by atoms with Crippen molar-refractivity contribution in [3.8, 4) is 5.75 Å². The average Bonchev–Trinajstić information content (AvgIpc) is 3.40. The van der Waals surface area contributed by atoms with Gasteiger partial charge in [0, 0.05) is 17.4 Å². The zero-order valence-electron chi connectivity index (χ0n) is 22.4. The van der Waals surface area contributed by atoms with Crippen LogP contribution in [0.1, 0.15) is 11.1 Å². The van der Waals surface area contributed by atoms with Crippen molar-refractivity contribution in [3.63, 3.8) is 0 Å². The first-order valence-corrected chi connectivity index (χ1v) is 13.7. The zero-order chi connectivity index (χ0) is 28.6. The highest BCUT2D eigenvalue weighted by Crippen LogP contribution is 2.61. The number of imide groups is 2. The summed E-state index contributed by atoms with van der Waals surface area (Å²) in [6.07, 6.45) is 1.62. The number of hydrogen-bond acceptors (Lipinski definition) is 6. The van der Waals surface area contributed by atoms with E-state index in [-0.39, 0.29) is 5.57 Å². The highest BCUT2D eigenvalue weighted by molar-refractivity contribution is 6.27. The van der Waals surface area contributed by atoms with Crippen molar-refractivity contribution in [2.45, 2.75) is 13.8 Å². The molecule has 2 aliphatic heterocycles. The van der Waals surface area contributed by atoms with E-state index in [1.54, 1.807) is 60.7 Å². The number of allylic oxidation sites excluding steroid dienone is 1. The van der Waals surface area contributed by atoms with Crippen molar-refractivity contribution in [2.75, 3.05) is 9.80 Å². The molecule has 2 heterocycles. The molecule has 2 unspecified atom stereocenters. The summed E-state index contributed by atoms with van der Waals surface area (Å²) in [6, 6.07) is 22.7. The highest BCUT2D eigenvalue weighted by atomic mass is 16.5. The molecule has 4 amide bonds. The fourth-order valence-electron chi connectivity index (χ4n) is 7.31. The van der Waals surface area contributed by atoms with Gasteiger partial charge in [-0.05, 0) is 49.2 Å². The van der Waals surface area contributed by atoms with E-state index >= 15 is 0 Å². The lowest BCUT2D eigenvalue weighted by molar-refractivity contribution is -0.142. The first kappa shape index (κ1) is 25.1. The van der Waals surface area contributed by atoms with Crippen molar-refractivity contribution in [3.05, 3.63) is 102 Å². The molecule has 8 rings (SSSR count). The predicted octanol–water partition coefficient (Wildman–Crippen LogP) is 4.01. The van der Waals surface area contributed by atoms with Crippen LogP contribution in [-0.2, 0) is 24.0 Å². The van der Waals surface area contributed by atoms with Gasteiger partial charge >= 0.3 is 5.97 Å². The van der Waals surface area contributed by atoms with Crippen LogP contribution in [0.4, 0.5) is 11.4 Å². The van der Waals surface area contributed by atoms with Crippen molar-refractivity contribution in [1.29, 1.82) is 0 Å². The van der Waals surface area contributed by atoms with E-state index < -0.39 is 65.1 Å². The molecule has 1 saturated carbocycles. The SMILES string of the molecule is Cc1ccccc1N1C(=O)[C@@H]2C3C=C(C(=O)Oc4ccccc4)C([C@H]2C1=O)[C@@H]1C(=O)N(c2ccccc2C)C(=O)[C@H]31. The molecule has 2 saturated heterocycles. The number of ether oxygens (including phenoxy) is 1. The summed E-state index contributed by atoms with van der Waals surface area (Å²) in [6.45, 7) is 3.63. The third-order valence-corrected chi connectivity index (χ3v) is 9.03. The molecular formula is C33H26N2O6. The number of anilines is 2. The summed E-state index contributed by atoms with van der Waals surface area (Å²) in [5.74, 6) is -7.59. The van der Waals surface area contributed by atoms with Crippen molar-refractivity contribution in [1.82, 2.24) is 0 Å². The molecule has 3 aliphatic carbocycles. The van der Waals surface area contributed by atoms with E-state index in [2.05, 4.69) is 0 Å². The van der Waals surface area contributed by atoms with Gasteiger partial charge in [-0.2, -0.15) is 0 Å². The second-order valence-corrected chi connectivity index (χ2v) is 11.1. The smallest absolute Gasteiger partial charge is 0.339 e. The second kappa shape index (κ2) is 9.09. The van der Waals surface area contributed by atoms with Gasteiger partial charge in [-0.15, -0.1) is 0 Å². The van der Waals surface area contributed by atoms with Crippen LogP contribution >= 0.6 is 0 Å². The molecule has 6 atom stereocenters. The molecule has 3 aromatic rings. The number of hydrogen-bond donors (Lipinski definition) is 0. The molecule has 0 aromatic heterocycles. The standard InChI is InChI=1S/C33H26N2O6/c1-17-10-6-8-14-22(17)34-29(36)25-20-16-21(33(40)41-19-12-4-3-5-13-19)24(27(25)31(34)38)28-26(20)30(37)35(32(28)39)23-15-9-7-11-18(23)2/h3-16,20,24-28H,1-2H3/t20?,24?,25-,26-,27-,28+/m1/s1. The normalized spacial score (nSPS) is 28.1. The van der Waals surface area contributed by atoms with Crippen LogP contribution in [0.15, 0.2) is 90.5 Å². The largest absolute Gasteiger partial charge is 0.423 e. The summed E-state index contributed by atoms with van der Waals surface area (Å²) in [5.41, 5.74) is 2.59. The third-order valence-electron chi connectivity index (χ3n) is 9.03. The maximum absolute atomic E-state index is 14.1. The number of aryl methyl sites for hydroxylation is 2. The molecule has 8 heteroatoms. The number of esters is 1. The quantitative estimate of drug-likeness (QED) is 0.279. The van der Waals surface area contributed by atoms with Gasteiger partial charge in [0.2, 0.25) is 23.6 Å². The van der Waals surface area contributed by atoms with Crippen LogP contribution in [0.5, 0.6) is 5.75 Å². The van der Waals surface area contributed by atoms with Gasteiger partial charge in [-0.1, -0.05) is 60.7 Å². The summed E-state index contributed by atoms with van der Waals surface area (Å²) in [4.78, 5) is 72.2. The van der Waals surface area contributed by atoms with Crippen LogP contribution in [0, 0.1) is 49.4 Å². The van der Waals surface area contributed by atoms with Crippen LogP contribution in [0.25, 0.3) is 0 Å². The van der Waals surface area contributed by atoms with E-state index in [9.17, 15) is 24.0 Å². The van der Waals surface area contributed by atoms with Gasteiger partial charge < -0.3 is 4.74 Å². The summed E-state index contributed by atoms with van der Waals surface area (Å²) in [7, 11) is 0. The number of amides is 4. The molecule has 5 aliphatic rings. The van der Waals surface area contributed by atoms with Crippen LogP contribution in [0.3, 0.4) is 0 Å². The first-order chi connectivity index (χ1) is 19.8. The van der Waals surface area contributed by atoms with Gasteiger partial charge in [0.05, 0.1) is 35.0 Å². The van der Waals surface area contributed by atoms with Gasteiger partial charge in [-0.3, -0.25) is 19.2 Å². The number of para-hydroxylation sites is 3. The monoisotopic (exact) mass is 546 g/mol. The molecule has 2 bridgehead atoms. The zero-order valence-corrected chi connectivity index (χ0v) is 22.4. The molecule has 3 aromatic carbocycles. The Morgan fingerprint density at radius 3 is 1.51 bits per heavy atom. The highest BCUT2D eigenvalue weighted by Gasteiger charge is 2.71. The maximum atomic E-state index is 14.1. The van der Waals surface area contributed by atoms with Crippen LogP contribution in [0.2, 0.25) is 0 Å². The fourth-order valence-corrected chi connectivity index (χ4v) is 7.31. The predicted molar refractivity (Wildman–Crippen MR) is 148 cm³/mol. The summed E-state index contributed by atoms with van der Waals surface area (Å²) >= 11 is 0. The molecule has 8 nitrogen and oxygen atoms in total. The first-order valence-electron chi connectivity index (χ1n) is 13.7. The Hall–Kier alpha value is -4.85. The van der Waals surface area contributed by atoms with Crippen molar-refractivity contribution in [2.24, 2.45) is 35.5 Å². The Bertz CT molecular complexity index is 1600. The average molecular weight is 547 g/mol. The molecular weight excluding hydrogens is 520 g/mol. The summed E-state index contributed by atoms with van der Waals surface area (Å²) in [5, 5.41) is 0. The lowest BCUT2D eigenvalue weighted by Gasteiger charge is -2.46. The summed E-state index contributed by atoms with van der Waals surface area (Å²) < 4.78 is 5.66. The molecule has 3 fully saturated rings. The lowest BCUT2D eigenvalue weighted by Crippen LogP contribution is -2.53. The van der Waals surface area contributed by atoms with Gasteiger partial charge in [-0.25, -0.2) is 14.6 Å². The van der Waals surface area contributed by atoms with Crippen LogP contribution < -0.4 is 14.5 Å². The van der Waals surface area contributed by atoms with E-state index in [1.165, 1.54) is 9.80 Å². The Labute approximate surface area is 236 Å². The molecule has 0 N–H and O–H groups in total. The minimum atomic E-state index is -0.984. The number of carbonyl (C=O) groups excluding carboxylic acids is 5. The molecule has 0 spiro atoms. The Kier molecular flexibility index (Phi) is 5.57.